The third-order valence-corrected chi connectivity index (χ3v) is 5.68. The lowest BCUT2D eigenvalue weighted by Gasteiger charge is -2.25. The molecule has 0 fully saturated rings. The average molecular weight is 318 g/mol. The minimum atomic E-state index is -3.46. The second kappa shape index (κ2) is 5.07. The zero-order valence-electron chi connectivity index (χ0n) is 11.9. The minimum absolute atomic E-state index is 0.0237. The number of nitriles is 1. The van der Waals surface area contributed by atoms with Gasteiger partial charge in [0, 0.05) is 6.42 Å². The highest BCUT2D eigenvalue weighted by Crippen LogP contribution is 2.46. The van der Waals surface area contributed by atoms with Gasteiger partial charge < -0.3 is 15.2 Å². The molecule has 0 saturated heterocycles. The SMILES string of the molecule is COc1cccc(C2C(C#N)=C(N)OC3=C2S(=O)(=O)CC3)c1. The van der Waals surface area contributed by atoms with Gasteiger partial charge in [0.05, 0.1) is 23.7 Å². The summed E-state index contributed by atoms with van der Waals surface area (Å²) in [6.45, 7) is 0. The molecule has 0 saturated carbocycles. The molecule has 1 aromatic carbocycles. The average Bonchev–Trinajstić information content (AvgIpc) is 2.81. The fourth-order valence-electron chi connectivity index (χ4n) is 2.80. The van der Waals surface area contributed by atoms with Gasteiger partial charge in [-0.05, 0) is 17.7 Å². The highest BCUT2D eigenvalue weighted by Gasteiger charge is 2.43. The molecule has 0 bridgehead atoms. The van der Waals surface area contributed by atoms with Crippen molar-refractivity contribution in [1.82, 2.24) is 0 Å². The molecule has 3 rings (SSSR count). The Bertz CT molecular complexity index is 847. The number of rotatable bonds is 2. The van der Waals surface area contributed by atoms with E-state index in [0.717, 1.165) is 0 Å². The first-order valence-corrected chi connectivity index (χ1v) is 8.30. The number of hydrogen-bond donors (Lipinski definition) is 1. The number of benzene rings is 1. The Kier molecular flexibility index (Phi) is 3.34. The van der Waals surface area contributed by atoms with Crippen molar-refractivity contribution in [2.45, 2.75) is 12.3 Å². The molecule has 0 radical (unpaired) electrons. The quantitative estimate of drug-likeness (QED) is 0.887. The van der Waals surface area contributed by atoms with Gasteiger partial charge in [-0.1, -0.05) is 12.1 Å². The van der Waals surface area contributed by atoms with E-state index in [9.17, 15) is 13.7 Å². The van der Waals surface area contributed by atoms with E-state index in [-0.39, 0.29) is 28.5 Å². The molecule has 0 aliphatic carbocycles. The largest absolute Gasteiger partial charge is 0.497 e. The van der Waals surface area contributed by atoms with Gasteiger partial charge in [0.15, 0.2) is 9.84 Å². The lowest BCUT2D eigenvalue weighted by atomic mass is 9.89. The van der Waals surface area contributed by atoms with Crippen LogP contribution in [0.25, 0.3) is 0 Å². The summed E-state index contributed by atoms with van der Waals surface area (Å²) in [4.78, 5) is 0.145. The zero-order chi connectivity index (χ0) is 15.9. The van der Waals surface area contributed by atoms with E-state index in [1.807, 2.05) is 6.07 Å². The number of methoxy groups -OCH3 is 1. The first kappa shape index (κ1) is 14.5. The molecule has 2 heterocycles. The predicted molar refractivity (Wildman–Crippen MR) is 79.1 cm³/mol. The first-order chi connectivity index (χ1) is 10.5. The Labute approximate surface area is 128 Å². The van der Waals surface area contributed by atoms with E-state index in [1.165, 1.54) is 7.11 Å². The van der Waals surface area contributed by atoms with Gasteiger partial charge in [-0.2, -0.15) is 5.26 Å². The highest BCUT2D eigenvalue weighted by molar-refractivity contribution is 7.95. The van der Waals surface area contributed by atoms with Crippen molar-refractivity contribution >= 4 is 9.84 Å². The van der Waals surface area contributed by atoms with Gasteiger partial charge in [0.2, 0.25) is 5.88 Å². The number of sulfone groups is 1. The van der Waals surface area contributed by atoms with Crippen molar-refractivity contribution in [1.29, 1.82) is 5.26 Å². The van der Waals surface area contributed by atoms with Gasteiger partial charge >= 0.3 is 0 Å². The topological polar surface area (TPSA) is 102 Å². The van der Waals surface area contributed by atoms with Crippen LogP contribution in [-0.4, -0.2) is 21.3 Å². The highest BCUT2D eigenvalue weighted by atomic mass is 32.2. The number of hydrogen-bond acceptors (Lipinski definition) is 6. The zero-order valence-corrected chi connectivity index (χ0v) is 12.7. The van der Waals surface area contributed by atoms with E-state index >= 15 is 0 Å². The van der Waals surface area contributed by atoms with Crippen LogP contribution in [0.2, 0.25) is 0 Å². The summed E-state index contributed by atoms with van der Waals surface area (Å²) in [5.41, 5.74) is 6.55. The molecule has 1 unspecified atom stereocenters. The molecule has 6 nitrogen and oxygen atoms in total. The van der Waals surface area contributed by atoms with Crippen molar-refractivity contribution < 1.29 is 17.9 Å². The summed E-state index contributed by atoms with van der Waals surface area (Å²) in [5, 5.41) is 9.39. The van der Waals surface area contributed by atoms with E-state index in [0.29, 0.717) is 17.1 Å². The Hall–Kier alpha value is -2.46. The number of ether oxygens (including phenoxy) is 2. The van der Waals surface area contributed by atoms with Crippen LogP contribution in [0.3, 0.4) is 0 Å². The Morgan fingerprint density at radius 2 is 2.23 bits per heavy atom. The van der Waals surface area contributed by atoms with Crippen LogP contribution in [0.4, 0.5) is 0 Å². The van der Waals surface area contributed by atoms with Gasteiger partial charge in [-0.3, -0.25) is 0 Å². The smallest absolute Gasteiger partial charge is 0.205 e. The summed E-state index contributed by atoms with van der Waals surface area (Å²) >= 11 is 0. The molecule has 0 spiro atoms. The van der Waals surface area contributed by atoms with Crippen LogP contribution < -0.4 is 10.5 Å². The molecule has 2 aliphatic rings. The Balaban J connectivity index is 2.23. The van der Waals surface area contributed by atoms with Crippen molar-refractivity contribution in [2.75, 3.05) is 12.9 Å². The Morgan fingerprint density at radius 1 is 1.45 bits per heavy atom. The molecular formula is C15H14N2O4S. The van der Waals surface area contributed by atoms with Gasteiger partial charge in [-0.15, -0.1) is 0 Å². The lowest BCUT2D eigenvalue weighted by Crippen LogP contribution is -2.21. The maximum Gasteiger partial charge on any atom is 0.205 e. The van der Waals surface area contributed by atoms with Crippen molar-refractivity contribution in [3.63, 3.8) is 0 Å². The fourth-order valence-corrected chi connectivity index (χ4v) is 4.57. The van der Waals surface area contributed by atoms with Crippen molar-refractivity contribution in [3.8, 4) is 11.8 Å². The molecule has 2 aliphatic heterocycles. The summed E-state index contributed by atoms with van der Waals surface area (Å²) in [5.74, 6) is 0.119. The number of nitrogens with zero attached hydrogens (tertiary/aromatic N) is 1. The molecule has 1 aromatic rings. The van der Waals surface area contributed by atoms with Crippen LogP contribution >= 0.6 is 0 Å². The first-order valence-electron chi connectivity index (χ1n) is 6.65. The lowest BCUT2D eigenvalue weighted by molar-refractivity contribution is 0.275. The summed E-state index contributed by atoms with van der Waals surface area (Å²) in [7, 11) is -1.93. The fraction of sp³-hybridized carbons (Fsp3) is 0.267. The maximum absolute atomic E-state index is 12.4. The van der Waals surface area contributed by atoms with E-state index < -0.39 is 15.8 Å². The molecule has 1 atom stereocenters. The van der Waals surface area contributed by atoms with Crippen LogP contribution in [0, 0.1) is 11.3 Å². The summed E-state index contributed by atoms with van der Waals surface area (Å²) in [6, 6.07) is 8.94. The molecular weight excluding hydrogens is 304 g/mol. The molecule has 22 heavy (non-hydrogen) atoms. The second-order valence-electron chi connectivity index (χ2n) is 5.06. The van der Waals surface area contributed by atoms with E-state index in [2.05, 4.69) is 0 Å². The van der Waals surface area contributed by atoms with Crippen molar-refractivity contribution in [3.05, 3.63) is 51.9 Å². The second-order valence-corrected chi connectivity index (χ2v) is 7.14. The molecule has 7 heteroatoms. The van der Waals surface area contributed by atoms with Crippen LogP contribution in [0.15, 0.2) is 46.4 Å². The normalized spacial score (nSPS) is 22.8. The third-order valence-electron chi connectivity index (χ3n) is 3.80. The van der Waals surface area contributed by atoms with Crippen LogP contribution in [-0.2, 0) is 14.6 Å². The van der Waals surface area contributed by atoms with E-state index in [4.69, 9.17) is 15.2 Å². The summed E-state index contributed by atoms with van der Waals surface area (Å²) in [6.07, 6.45) is 0.275. The standard InChI is InChI=1S/C15H14N2O4S/c1-20-10-4-2-3-9(7-10)13-11(8-16)15(17)21-12-5-6-22(18,19)14(12)13/h2-4,7,13H,5-6,17H2,1H3. The van der Waals surface area contributed by atoms with Gasteiger partial charge in [-0.25, -0.2) is 8.42 Å². The third kappa shape index (κ3) is 2.12. The van der Waals surface area contributed by atoms with Crippen LogP contribution in [0.1, 0.15) is 17.9 Å². The number of nitrogens with two attached hydrogens (primary N) is 1. The van der Waals surface area contributed by atoms with Gasteiger partial charge in [0.25, 0.3) is 0 Å². The number of allylic oxidation sites excluding steroid dienone is 3. The predicted octanol–water partition coefficient (Wildman–Crippen LogP) is 1.53. The minimum Gasteiger partial charge on any atom is -0.497 e. The Morgan fingerprint density at radius 3 is 2.91 bits per heavy atom. The molecule has 0 amide bonds. The molecule has 0 aromatic heterocycles. The molecule has 2 N–H and O–H groups in total. The monoisotopic (exact) mass is 318 g/mol. The summed E-state index contributed by atoms with van der Waals surface area (Å²) < 4.78 is 35.3. The van der Waals surface area contributed by atoms with Gasteiger partial charge in [0.1, 0.15) is 23.2 Å². The van der Waals surface area contributed by atoms with Crippen LogP contribution in [0.5, 0.6) is 5.75 Å². The van der Waals surface area contributed by atoms with Crippen molar-refractivity contribution in [2.24, 2.45) is 5.73 Å². The maximum atomic E-state index is 12.4. The molecule has 114 valence electrons. The van der Waals surface area contributed by atoms with E-state index in [1.54, 1.807) is 24.3 Å².